The van der Waals surface area contributed by atoms with Crippen LogP contribution < -0.4 is 16.1 Å². The second-order valence-electron chi connectivity index (χ2n) is 10.1. The van der Waals surface area contributed by atoms with Crippen molar-refractivity contribution in [3.63, 3.8) is 0 Å². The number of nitrogens with one attached hydrogen (secondary N) is 1. The molecule has 0 aliphatic carbocycles. The molecule has 39 heavy (non-hydrogen) atoms. The maximum absolute atomic E-state index is 15.8. The van der Waals surface area contributed by atoms with E-state index in [1.807, 2.05) is 13.8 Å². The predicted molar refractivity (Wildman–Crippen MR) is 145 cm³/mol. The summed E-state index contributed by atoms with van der Waals surface area (Å²) in [6, 6.07) is 7.39. The van der Waals surface area contributed by atoms with Gasteiger partial charge in [0.1, 0.15) is 5.76 Å². The van der Waals surface area contributed by atoms with Gasteiger partial charge in [-0.3, -0.25) is 14.3 Å². The molecule has 10 heteroatoms. The van der Waals surface area contributed by atoms with Crippen LogP contribution >= 0.6 is 0 Å². The fourth-order valence-electron chi connectivity index (χ4n) is 4.70. The van der Waals surface area contributed by atoms with E-state index in [1.165, 1.54) is 30.5 Å². The highest BCUT2D eigenvalue weighted by atomic mass is 19.1. The van der Waals surface area contributed by atoms with Gasteiger partial charge in [0, 0.05) is 55.2 Å². The first-order chi connectivity index (χ1) is 18.7. The lowest BCUT2D eigenvalue weighted by molar-refractivity contribution is -0.168. The van der Waals surface area contributed by atoms with Gasteiger partial charge in [0.2, 0.25) is 0 Å². The molecule has 204 valence electrons. The van der Waals surface area contributed by atoms with Gasteiger partial charge < -0.3 is 24.3 Å². The largest absolute Gasteiger partial charge is 0.510 e. The Morgan fingerprint density at radius 1 is 1.28 bits per heavy atom. The minimum Gasteiger partial charge on any atom is -0.510 e. The topological polar surface area (TPSA) is 107 Å². The molecule has 1 aromatic carbocycles. The number of hydrogen-bond acceptors (Lipinski definition) is 6. The number of rotatable bonds is 7. The number of aryl methyl sites for hydroxylation is 1. The highest BCUT2D eigenvalue weighted by Gasteiger charge is 2.21. The Hall–Kier alpha value is -4.02. The van der Waals surface area contributed by atoms with Crippen molar-refractivity contribution in [1.29, 1.82) is 0 Å². The molecule has 4 aromatic rings. The summed E-state index contributed by atoms with van der Waals surface area (Å²) in [5.41, 5.74) is 1.57. The molecule has 0 spiro atoms. The number of benzene rings is 1. The SMILES string of the molecule is CC(C)/C(O)=c1\cc(C(=O)Nc2cc(COC3CCCCO3)cc(-c3cnn(C)c3)c2F)c2cc(=O)ccn12. The number of nitrogens with zero attached hydrogens (tertiary/aromatic N) is 3. The first-order valence-electron chi connectivity index (χ1n) is 13.0. The lowest BCUT2D eigenvalue weighted by Crippen LogP contribution is -2.22. The van der Waals surface area contributed by atoms with Crippen molar-refractivity contribution in [3.8, 4) is 11.1 Å². The molecule has 3 aromatic heterocycles. The van der Waals surface area contributed by atoms with Crippen molar-refractivity contribution in [1.82, 2.24) is 14.2 Å². The Bertz CT molecular complexity index is 1640. The van der Waals surface area contributed by atoms with Crippen molar-refractivity contribution in [2.24, 2.45) is 13.0 Å². The molecule has 0 saturated carbocycles. The van der Waals surface area contributed by atoms with Crippen LogP contribution in [0.1, 0.15) is 49.0 Å². The van der Waals surface area contributed by atoms with Crippen LogP contribution in [0.3, 0.4) is 0 Å². The Morgan fingerprint density at radius 3 is 2.79 bits per heavy atom. The van der Waals surface area contributed by atoms with Crippen molar-refractivity contribution in [2.45, 2.75) is 46.0 Å². The summed E-state index contributed by atoms with van der Waals surface area (Å²) in [5.74, 6) is -1.39. The number of amides is 1. The van der Waals surface area contributed by atoms with Gasteiger partial charge in [0.25, 0.3) is 5.91 Å². The van der Waals surface area contributed by atoms with E-state index in [0.717, 1.165) is 19.3 Å². The number of aliphatic hydroxyl groups is 1. The van der Waals surface area contributed by atoms with E-state index in [4.69, 9.17) is 9.47 Å². The second-order valence-corrected chi connectivity index (χ2v) is 10.1. The van der Waals surface area contributed by atoms with Crippen molar-refractivity contribution >= 4 is 22.9 Å². The van der Waals surface area contributed by atoms with Crippen LogP contribution in [-0.4, -0.2) is 38.1 Å². The molecule has 1 atom stereocenters. The minimum absolute atomic E-state index is 0.0410. The van der Waals surface area contributed by atoms with E-state index in [1.54, 1.807) is 34.6 Å². The zero-order valence-electron chi connectivity index (χ0n) is 22.1. The molecule has 0 bridgehead atoms. The van der Waals surface area contributed by atoms with Crippen LogP contribution in [0.4, 0.5) is 10.1 Å². The highest BCUT2D eigenvalue weighted by Crippen LogP contribution is 2.31. The maximum atomic E-state index is 15.8. The summed E-state index contributed by atoms with van der Waals surface area (Å²) in [7, 11) is 1.74. The normalized spacial score (nSPS) is 16.6. The van der Waals surface area contributed by atoms with E-state index in [-0.39, 0.29) is 46.8 Å². The number of fused-ring (bicyclic) bond motifs is 1. The quantitative estimate of drug-likeness (QED) is 0.369. The molecule has 9 nitrogen and oxygen atoms in total. The molecule has 1 unspecified atom stereocenters. The molecule has 1 aliphatic rings. The molecule has 2 N–H and O–H groups in total. The number of aromatic nitrogens is 3. The zero-order valence-corrected chi connectivity index (χ0v) is 22.1. The number of aliphatic hydroxyl groups excluding tert-OH is 1. The average Bonchev–Trinajstić information content (AvgIpc) is 3.52. The third-order valence-corrected chi connectivity index (χ3v) is 6.77. The Balaban J connectivity index is 1.54. The van der Waals surface area contributed by atoms with Gasteiger partial charge in [-0.25, -0.2) is 4.39 Å². The van der Waals surface area contributed by atoms with Gasteiger partial charge in [0.15, 0.2) is 17.5 Å². The van der Waals surface area contributed by atoms with Gasteiger partial charge in [-0.05, 0) is 43.0 Å². The summed E-state index contributed by atoms with van der Waals surface area (Å²) in [5, 5.41) is 17.9. The summed E-state index contributed by atoms with van der Waals surface area (Å²) in [6.07, 6.45) is 7.20. The van der Waals surface area contributed by atoms with Gasteiger partial charge in [-0.15, -0.1) is 0 Å². The van der Waals surface area contributed by atoms with Gasteiger partial charge >= 0.3 is 0 Å². The van der Waals surface area contributed by atoms with E-state index in [0.29, 0.717) is 28.6 Å². The summed E-state index contributed by atoms with van der Waals surface area (Å²) < 4.78 is 30.5. The Labute approximate surface area is 224 Å². The molecule has 1 aliphatic heterocycles. The molecule has 1 amide bonds. The Morgan fingerprint density at radius 2 is 2.10 bits per heavy atom. The molecular weight excluding hydrogens is 503 g/mol. The van der Waals surface area contributed by atoms with Crippen LogP contribution in [0, 0.1) is 11.7 Å². The average molecular weight is 535 g/mol. The highest BCUT2D eigenvalue weighted by molar-refractivity contribution is 6.09. The van der Waals surface area contributed by atoms with Gasteiger partial charge in [-0.1, -0.05) is 13.8 Å². The monoisotopic (exact) mass is 534 g/mol. The minimum atomic E-state index is -0.626. The van der Waals surface area contributed by atoms with E-state index in [2.05, 4.69) is 10.4 Å². The predicted octanol–water partition coefficient (Wildman–Crippen LogP) is 4.18. The molecule has 4 heterocycles. The van der Waals surface area contributed by atoms with Crippen LogP contribution in [0.15, 0.2) is 53.7 Å². The number of halogens is 1. The first kappa shape index (κ1) is 26.6. The fourth-order valence-corrected chi connectivity index (χ4v) is 4.70. The third kappa shape index (κ3) is 5.57. The number of hydrogen-bond donors (Lipinski definition) is 2. The van der Waals surface area contributed by atoms with Crippen LogP contribution in [0.2, 0.25) is 0 Å². The van der Waals surface area contributed by atoms with Crippen molar-refractivity contribution in [3.05, 3.63) is 81.4 Å². The number of carbonyl (C=O) groups excluding carboxylic acids is 1. The van der Waals surface area contributed by atoms with Crippen LogP contribution in [0.5, 0.6) is 0 Å². The Kier molecular flexibility index (Phi) is 7.49. The number of pyridine rings is 1. The molecule has 1 fully saturated rings. The fraction of sp³-hybridized carbons (Fsp3) is 0.345. The number of carbonyl (C=O) groups is 1. The van der Waals surface area contributed by atoms with Gasteiger partial charge in [0.05, 0.1) is 34.9 Å². The van der Waals surface area contributed by atoms with Crippen molar-refractivity contribution in [2.75, 3.05) is 11.9 Å². The first-order valence-corrected chi connectivity index (χ1v) is 13.0. The van der Waals surface area contributed by atoms with E-state index >= 15 is 4.39 Å². The lowest BCUT2D eigenvalue weighted by atomic mass is 10.0. The lowest BCUT2D eigenvalue weighted by Gasteiger charge is -2.23. The molecule has 5 rings (SSSR count). The number of anilines is 1. The van der Waals surface area contributed by atoms with Crippen LogP contribution in [0.25, 0.3) is 22.4 Å². The molecule has 1 saturated heterocycles. The third-order valence-electron chi connectivity index (χ3n) is 6.77. The van der Waals surface area contributed by atoms with Gasteiger partial charge in [-0.2, -0.15) is 5.10 Å². The standard InChI is InChI=1S/C29H31FN4O5/c1-17(2)28(36)25-13-22(24-12-20(35)7-8-34(24)25)29(37)32-23-11-18(16-39-26-6-4-5-9-38-26)10-21(27(23)30)19-14-31-33(3)15-19/h7-8,10-15,17,26,36H,4-6,9,16H2,1-3H3,(H,32,37)/b28-25-. The van der Waals surface area contributed by atoms with E-state index < -0.39 is 11.7 Å². The number of ether oxygens (including phenoxy) is 2. The molecule has 0 radical (unpaired) electrons. The van der Waals surface area contributed by atoms with Crippen molar-refractivity contribution < 1.29 is 23.8 Å². The summed E-state index contributed by atoms with van der Waals surface area (Å²) in [4.78, 5) is 25.6. The maximum Gasteiger partial charge on any atom is 0.257 e. The second kappa shape index (κ2) is 11.0. The van der Waals surface area contributed by atoms with Crippen LogP contribution in [-0.2, 0) is 23.1 Å². The molecular formula is C29H31FN4O5. The van der Waals surface area contributed by atoms with E-state index in [9.17, 15) is 14.7 Å². The smallest absolute Gasteiger partial charge is 0.257 e. The zero-order chi connectivity index (χ0) is 27.7. The summed E-state index contributed by atoms with van der Waals surface area (Å²) in [6.45, 7) is 4.44. The summed E-state index contributed by atoms with van der Waals surface area (Å²) >= 11 is 0.